The van der Waals surface area contributed by atoms with Gasteiger partial charge in [0.2, 0.25) is 0 Å². The Morgan fingerprint density at radius 3 is 1.69 bits per heavy atom. The summed E-state index contributed by atoms with van der Waals surface area (Å²) in [5, 5.41) is 9.08. The third-order valence-corrected chi connectivity index (χ3v) is 2.83. The normalized spacial score (nSPS) is 12.5. The molecule has 0 unspecified atom stereocenters. The van der Waals surface area contributed by atoms with E-state index >= 15 is 0 Å². The average Bonchev–Trinajstić information content (AvgIpc) is 1.82. The minimum Gasteiger partial charge on any atom is -0.480 e. The van der Waals surface area contributed by atoms with Gasteiger partial charge in [-0.3, -0.25) is 4.79 Å². The zero-order valence-corrected chi connectivity index (χ0v) is 10.4. The summed E-state index contributed by atoms with van der Waals surface area (Å²) in [5.74, 6) is 0.0540. The maximum Gasteiger partial charge on any atom is 0.320 e. The van der Waals surface area contributed by atoms with Crippen LogP contribution in [0, 0.1) is 11.8 Å². The molecule has 0 rings (SSSR count). The molecule has 78 valence electrons. The van der Waals surface area contributed by atoms with Crippen LogP contribution in [0.2, 0.25) is 0 Å². The largest absolute Gasteiger partial charge is 0.480 e. The molecule has 0 radical (unpaired) electrons. The van der Waals surface area contributed by atoms with Gasteiger partial charge in [0.1, 0.15) is 4.32 Å². The highest BCUT2D eigenvalue weighted by Gasteiger charge is 2.36. The molecule has 13 heavy (non-hydrogen) atoms. The van der Waals surface area contributed by atoms with Crippen molar-refractivity contribution in [2.45, 2.75) is 44.9 Å². The SMILES string of the molecule is CC(C)CC(Br)(CC(C)C)C(=O)O. The van der Waals surface area contributed by atoms with Crippen molar-refractivity contribution in [1.82, 2.24) is 0 Å². The van der Waals surface area contributed by atoms with E-state index in [9.17, 15) is 4.79 Å². The molecule has 0 saturated heterocycles. The standard InChI is InChI=1S/C10H19BrO2/c1-7(2)5-10(11,9(12)13)6-8(3)4/h7-8H,5-6H2,1-4H3,(H,12,13). The van der Waals surface area contributed by atoms with Crippen LogP contribution >= 0.6 is 15.9 Å². The zero-order chi connectivity index (χ0) is 10.6. The number of hydrogen-bond acceptors (Lipinski definition) is 1. The minimum atomic E-state index is -0.741. The molecule has 0 fully saturated rings. The Balaban J connectivity index is 4.43. The zero-order valence-electron chi connectivity index (χ0n) is 8.80. The van der Waals surface area contributed by atoms with E-state index in [1.54, 1.807) is 0 Å². The third kappa shape index (κ3) is 4.65. The van der Waals surface area contributed by atoms with Crippen molar-refractivity contribution in [3.63, 3.8) is 0 Å². The summed E-state index contributed by atoms with van der Waals surface area (Å²) in [6, 6.07) is 0. The Bertz CT molecular complexity index is 166. The Morgan fingerprint density at radius 2 is 1.54 bits per heavy atom. The van der Waals surface area contributed by atoms with E-state index in [1.165, 1.54) is 0 Å². The highest BCUT2D eigenvalue weighted by atomic mass is 79.9. The first kappa shape index (κ1) is 12.9. The number of carbonyl (C=O) groups is 1. The second-order valence-corrected chi connectivity index (χ2v) is 5.98. The highest BCUT2D eigenvalue weighted by Crippen LogP contribution is 2.33. The van der Waals surface area contributed by atoms with Crippen LogP contribution in [0.4, 0.5) is 0 Å². The van der Waals surface area contributed by atoms with Crippen LogP contribution in [-0.2, 0) is 4.79 Å². The van der Waals surface area contributed by atoms with Gasteiger partial charge in [-0.05, 0) is 24.7 Å². The molecular weight excluding hydrogens is 232 g/mol. The van der Waals surface area contributed by atoms with Crippen LogP contribution in [0.25, 0.3) is 0 Å². The van der Waals surface area contributed by atoms with E-state index < -0.39 is 10.3 Å². The summed E-state index contributed by atoms with van der Waals surface area (Å²) in [4.78, 5) is 11.0. The molecule has 0 bridgehead atoms. The van der Waals surface area contributed by atoms with Gasteiger partial charge in [-0.2, -0.15) is 0 Å². The molecule has 0 spiro atoms. The van der Waals surface area contributed by atoms with Crippen molar-refractivity contribution >= 4 is 21.9 Å². The van der Waals surface area contributed by atoms with Crippen LogP contribution in [0.1, 0.15) is 40.5 Å². The molecule has 0 aliphatic heterocycles. The second kappa shape index (κ2) is 4.99. The summed E-state index contributed by atoms with van der Waals surface area (Å²) < 4.78 is -0.727. The van der Waals surface area contributed by atoms with Crippen molar-refractivity contribution in [1.29, 1.82) is 0 Å². The van der Waals surface area contributed by atoms with Gasteiger partial charge in [0.15, 0.2) is 0 Å². The van der Waals surface area contributed by atoms with Gasteiger partial charge in [-0.15, -0.1) is 0 Å². The molecule has 0 atom stereocenters. The third-order valence-electron chi connectivity index (χ3n) is 1.85. The predicted octanol–water partition coefficient (Wildman–Crippen LogP) is 3.30. The predicted molar refractivity (Wildman–Crippen MR) is 58.2 cm³/mol. The number of alkyl halides is 1. The smallest absolute Gasteiger partial charge is 0.320 e. The molecule has 1 N–H and O–H groups in total. The van der Waals surface area contributed by atoms with Gasteiger partial charge in [0, 0.05) is 0 Å². The Kier molecular flexibility index (Phi) is 4.97. The maximum atomic E-state index is 11.0. The van der Waals surface area contributed by atoms with Crippen molar-refractivity contribution in [2.24, 2.45) is 11.8 Å². The average molecular weight is 251 g/mol. The van der Waals surface area contributed by atoms with Gasteiger partial charge in [-0.25, -0.2) is 0 Å². The van der Waals surface area contributed by atoms with E-state index in [2.05, 4.69) is 15.9 Å². The fraction of sp³-hybridized carbons (Fsp3) is 0.900. The van der Waals surface area contributed by atoms with Gasteiger partial charge < -0.3 is 5.11 Å². The van der Waals surface area contributed by atoms with Crippen molar-refractivity contribution in [3.05, 3.63) is 0 Å². The van der Waals surface area contributed by atoms with E-state index in [4.69, 9.17) is 5.11 Å². The number of carboxylic acid groups (broad SMARTS) is 1. The fourth-order valence-electron chi connectivity index (χ4n) is 1.55. The Hall–Kier alpha value is -0.0500. The first-order valence-corrected chi connectivity index (χ1v) is 5.49. The fourth-order valence-corrected chi connectivity index (χ4v) is 2.85. The molecule has 0 amide bonds. The van der Waals surface area contributed by atoms with Gasteiger partial charge in [0.25, 0.3) is 0 Å². The van der Waals surface area contributed by atoms with E-state index in [1.807, 2.05) is 27.7 Å². The molecule has 2 nitrogen and oxygen atoms in total. The number of aliphatic carboxylic acids is 1. The summed E-state index contributed by atoms with van der Waals surface area (Å²) >= 11 is 3.35. The summed E-state index contributed by atoms with van der Waals surface area (Å²) in [6.07, 6.45) is 1.36. The van der Waals surface area contributed by atoms with Crippen LogP contribution in [0.3, 0.4) is 0 Å². The number of rotatable bonds is 5. The first-order chi connectivity index (χ1) is 5.78. The number of hydrogen-bond donors (Lipinski definition) is 1. The quantitative estimate of drug-likeness (QED) is 0.761. The van der Waals surface area contributed by atoms with Crippen LogP contribution < -0.4 is 0 Å². The van der Waals surface area contributed by atoms with Crippen LogP contribution in [-0.4, -0.2) is 15.4 Å². The highest BCUT2D eigenvalue weighted by molar-refractivity contribution is 9.10. The molecule has 0 aromatic heterocycles. The monoisotopic (exact) mass is 250 g/mol. The van der Waals surface area contributed by atoms with Crippen molar-refractivity contribution < 1.29 is 9.90 Å². The summed E-state index contributed by atoms with van der Waals surface area (Å²) in [6.45, 7) is 8.16. The molecule has 0 heterocycles. The lowest BCUT2D eigenvalue weighted by molar-refractivity contribution is -0.140. The lowest BCUT2D eigenvalue weighted by Crippen LogP contribution is -2.34. The molecule has 0 saturated carbocycles. The molecule has 0 aromatic rings. The number of carboxylic acids is 1. The molecule has 0 aliphatic rings. The summed E-state index contributed by atoms with van der Waals surface area (Å²) in [7, 11) is 0. The van der Waals surface area contributed by atoms with E-state index in [-0.39, 0.29) is 0 Å². The molecule has 0 aromatic carbocycles. The lowest BCUT2D eigenvalue weighted by Gasteiger charge is -2.26. The Morgan fingerprint density at radius 1 is 1.23 bits per heavy atom. The molecular formula is C10H19BrO2. The molecule has 3 heteroatoms. The van der Waals surface area contributed by atoms with Crippen LogP contribution in [0.15, 0.2) is 0 Å². The summed E-state index contributed by atoms with van der Waals surface area (Å²) in [5.41, 5.74) is 0. The van der Waals surface area contributed by atoms with Gasteiger partial charge >= 0.3 is 5.97 Å². The molecule has 0 aliphatic carbocycles. The van der Waals surface area contributed by atoms with Gasteiger partial charge in [0.05, 0.1) is 0 Å². The van der Waals surface area contributed by atoms with Gasteiger partial charge in [-0.1, -0.05) is 43.6 Å². The minimum absolute atomic E-state index is 0.397. The van der Waals surface area contributed by atoms with Crippen LogP contribution in [0.5, 0.6) is 0 Å². The second-order valence-electron chi connectivity index (χ2n) is 4.47. The first-order valence-electron chi connectivity index (χ1n) is 4.70. The maximum absolute atomic E-state index is 11.0. The number of halogens is 1. The topological polar surface area (TPSA) is 37.3 Å². The van der Waals surface area contributed by atoms with Crippen molar-refractivity contribution in [3.8, 4) is 0 Å². The lowest BCUT2D eigenvalue weighted by atomic mass is 9.89. The van der Waals surface area contributed by atoms with Crippen molar-refractivity contribution in [2.75, 3.05) is 0 Å². The van der Waals surface area contributed by atoms with E-state index in [0.29, 0.717) is 24.7 Å². The Labute approximate surface area is 88.8 Å². The van der Waals surface area contributed by atoms with E-state index in [0.717, 1.165) is 0 Å².